The summed E-state index contributed by atoms with van der Waals surface area (Å²) in [6.45, 7) is 5.33. The zero-order valence-electron chi connectivity index (χ0n) is 32.5. The average Bonchev–Trinajstić information content (AvgIpc) is 3.11. The van der Waals surface area contributed by atoms with E-state index in [0.717, 1.165) is 38.5 Å². The average molecular weight is 802 g/mol. The molecule has 0 atom stereocenters. The Labute approximate surface area is 329 Å². The number of nitrogens with two attached hydrogens (primary N) is 1. The third kappa shape index (κ3) is 18.9. The molecule has 298 valence electrons. The predicted octanol–water partition coefficient (Wildman–Crippen LogP) is 13.5. The first-order valence-corrected chi connectivity index (χ1v) is 24.4. The van der Waals surface area contributed by atoms with Crippen LogP contribution in [0.1, 0.15) is 181 Å². The van der Waals surface area contributed by atoms with Crippen molar-refractivity contribution in [3.63, 3.8) is 0 Å². The second-order valence-corrected chi connectivity index (χ2v) is 19.0. The molecule has 2 N–H and O–H groups in total. The fraction of sp³-hybridized carbons (Fsp3) is 0.714. The van der Waals surface area contributed by atoms with Gasteiger partial charge in [0.05, 0.1) is 9.79 Å². The molecule has 6 nitrogen and oxygen atoms in total. The topological polar surface area (TPSA) is 97.5 Å². The van der Waals surface area contributed by atoms with Crippen molar-refractivity contribution < 1.29 is 16.8 Å². The summed E-state index contributed by atoms with van der Waals surface area (Å²) >= 11 is 12.5. The van der Waals surface area contributed by atoms with Crippen molar-refractivity contribution in [2.75, 3.05) is 13.1 Å². The summed E-state index contributed by atoms with van der Waals surface area (Å²) in [4.78, 5) is -0.241. The molecule has 0 aliphatic carbocycles. The number of sulfonamides is 2. The number of benzene rings is 2. The van der Waals surface area contributed by atoms with Gasteiger partial charge in [0, 0.05) is 34.3 Å². The van der Waals surface area contributed by atoms with Gasteiger partial charge in [0.25, 0.3) is 0 Å². The van der Waals surface area contributed by atoms with Crippen molar-refractivity contribution in [2.24, 2.45) is 5.14 Å². The van der Waals surface area contributed by atoms with Crippen LogP contribution in [0.15, 0.2) is 46.2 Å². The van der Waals surface area contributed by atoms with E-state index in [-0.39, 0.29) is 31.0 Å². The molecule has 0 spiro atoms. The van der Waals surface area contributed by atoms with Crippen LogP contribution in [0, 0.1) is 0 Å². The molecule has 0 unspecified atom stereocenters. The molecule has 0 aliphatic rings. The molecule has 0 amide bonds. The van der Waals surface area contributed by atoms with Crippen LogP contribution >= 0.6 is 23.2 Å². The van der Waals surface area contributed by atoms with Crippen LogP contribution in [-0.2, 0) is 20.0 Å². The van der Waals surface area contributed by atoms with Crippen molar-refractivity contribution in [1.82, 2.24) is 4.31 Å². The molecule has 52 heavy (non-hydrogen) atoms. The van der Waals surface area contributed by atoms with Gasteiger partial charge in [-0.2, -0.15) is 4.31 Å². The van der Waals surface area contributed by atoms with Gasteiger partial charge in [-0.25, -0.2) is 22.0 Å². The van der Waals surface area contributed by atoms with Gasteiger partial charge in [-0.05, 0) is 37.1 Å². The van der Waals surface area contributed by atoms with Gasteiger partial charge in [0.15, 0.2) is 0 Å². The Morgan fingerprint density at radius 3 is 1.08 bits per heavy atom. The van der Waals surface area contributed by atoms with Crippen molar-refractivity contribution in [3.05, 3.63) is 46.4 Å². The number of unbranched alkanes of at least 4 members (excludes halogenated alkanes) is 24. The standard InChI is InChI=1S/C42H70Cl2N2O4S2/c1-3-5-7-9-11-13-15-17-19-21-23-25-27-33-46(34-28-26-24-22-20-18-16-14-12-10-8-6-4-2)52(49,50)42-36-38(44)30-32-40(42)39-31-29-37(43)35-41(39)51(45,47)48/h29-32,35-36H,3-28,33-34H2,1-2H3,(H2,45,47,48). The number of primary sulfonamides is 1. The fourth-order valence-corrected chi connectivity index (χ4v) is 9.99. The number of halogens is 2. The minimum atomic E-state index is -4.19. The smallest absolute Gasteiger partial charge is 0.225 e. The van der Waals surface area contributed by atoms with Crippen LogP contribution in [0.5, 0.6) is 0 Å². The van der Waals surface area contributed by atoms with Crippen LogP contribution in [0.25, 0.3) is 11.1 Å². The van der Waals surface area contributed by atoms with Gasteiger partial charge >= 0.3 is 0 Å². The zero-order chi connectivity index (χ0) is 38.1. The van der Waals surface area contributed by atoms with E-state index in [4.69, 9.17) is 28.3 Å². The summed E-state index contributed by atoms with van der Waals surface area (Å²) in [7, 11) is -8.22. The number of hydrogen-bond donors (Lipinski definition) is 1. The second kappa shape index (κ2) is 27.4. The first-order valence-electron chi connectivity index (χ1n) is 20.6. The quantitative estimate of drug-likeness (QED) is 0.0745. The molecule has 0 radical (unpaired) electrons. The molecule has 0 fully saturated rings. The van der Waals surface area contributed by atoms with E-state index in [2.05, 4.69) is 13.8 Å². The summed E-state index contributed by atoms with van der Waals surface area (Å²) in [6, 6.07) is 8.86. The maximum Gasteiger partial charge on any atom is 0.243 e. The van der Waals surface area contributed by atoms with Crippen molar-refractivity contribution in [1.29, 1.82) is 0 Å². The minimum absolute atomic E-state index is 0.0170. The van der Waals surface area contributed by atoms with E-state index < -0.39 is 20.0 Å². The molecule has 0 aromatic heterocycles. The first-order chi connectivity index (χ1) is 25.0. The lowest BCUT2D eigenvalue weighted by Gasteiger charge is -2.24. The molecular weight excluding hydrogens is 732 g/mol. The van der Waals surface area contributed by atoms with Crippen molar-refractivity contribution >= 4 is 43.2 Å². The van der Waals surface area contributed by atoms with Gasteiger partial charge in [-0.3, -0.25) is 0 Å². The van der Waals surface area contributed by atoms with Crippen molar-refractivity contribution in [3.8, 4) is 11.1 Å². The van der Waals surface area contributed by atoms with Gasteiger partial charge < -0.3 is 0 Å². The Morgan fingerprint density at radius 2 is 0.750 bits per heavy atom. The Morgan fingerprint density at radius 1 is 0.462 bits per heavy atom. The third-order valence-corrected chi connectivity index (χ3v) is 13.5. The van der Waals surface area contributed by atoms with Gasteiger partial charge in [-0.1, -0.05) is 203 Å². The summed E-state index contributed by atoms with van der Waals surface area (Å²) in [6.07, 6.45) is 31.7. The molecule has 10 heteroatoms. The molecule has 0 bridgehead atoms. The number of hydrogen-bond acceptors (Lipinski definition) is 4. The van der Waals surface area contributed by atoms with Gasteiger partial charge in [0.2, 0.25) is 20.0 Å². The van der Waals surface area contributed by atoms with E-state index >= 15 is 0 Å². The Kier molecular flexibility index (Phi) is 24.8. The van der Waals surface area contributed by atoms with Crippen LogP contribution < -0.4 is 5.14 Å². The van der Waals surface area contributed by atoms with Gasteiger partial charge in [-0.15, -0.1) is 0 Å². The summed E-state index contributed by atoms with van der Waals surface area (Å²) in [5.41, 5.74) is 0.426. The Bertz CT molecular complexity index is 1440. The second-order valence-electron chi connectivity index (χ2n) is 14.7. The minimum Gasteiger partial charge on any atom is -0.225 e. The lowest BCUT2D eigenvalue weighted by Crippen LogP contribution is -2.33. The lowest BCUT2D eigenvalue weighted by atomic mass is 10.0. The highest BCUT2D eigenvalue weighted by atomic mass is 35.5. The third-order valence-electron chi connectivity index (χ3n) is 10.1. The molecule has 0 heterocycles. The van der Waals surface area contributed by atoms with Crippen LogP contribution in [-0.4, -0.2) is 34.2 Å². The number of nitrogens with zero attached hydrogens (tertiary/aromatic N) is 1. The molecule has 2 aromatic rings. The van der Waals surface area contributed by atoms with E-state index in [1.54, 1.807) is 16.4 Å². The van der Waals surface area contributed by atoms with E-state index in [1.165, 1.54) is 153 Å². The molecule has 0 saturated carbocycles. The summed E-state index contributed by atoms with van der Waals surface area (Å²) in [5, 5.41) is 6.02. The highest BCUT2D eigenvalue weighted by Crippen LogP contribution is 2.36. The highest BCUT2D eigenvalue weighted by Gasteiger charge is 2.29. The van der Waals surface area contributed by atoms with E-state index in [1.807, 2.05) is 0 Å². The lowest BCUT2D eigenvalue weighted by molar-refractivity contribution is 0.383. The SMILES string of the molecule is CCCCCCCCCCCCCCCN(CCCCCCCCCCCCCCC)S(=O)(=O)c1cc(Cl)ccc1-c1ccc(Cl)cc1S(N)(=O)=O. The van der Waals surface area contributed by atoms with E-state index in [0.29, 0.717) is 13.1 Å². The summed E-state index contributed by atoms with van der Waals surface area (Å²) < 4.78 is 55.7. The Hall–Kier alpha value is -1.16. The largest absolute Gasteiger partial charge is 0.243 e. The van der Waals surface area contributed by atoms with Crippen LogP contribution in [0.4, 0.5) is 0 Å². The van der Waals surface area contributed by atoms with Crippen LogP contribution in [0.3, 0.4) is 0 Å². The molecule has 0 aliphatic heterocycles. The molecule has 0 saturated heterocycles. The molecule has 2 aromatic carbocycles. The maximum atomic E-state index is 14.5. The molecular formula is C42H70Cl2N2O4S2. The first kappa shape index (κ1) is 47.0. The van der Waals surface area contributed by atoms with Gasteiger partial charge in [0.1, 0.15) is 0 Å². The van der Waals surface area contributed by atoms with Crippen molar-refractivity contribution in [2.45, 2.75) is 191 Å². The monoisotopic (exact) mass is 800 g/mol. The maximum absolute atomic E-state index is 14.5. The highest BCUT2D eigenvalue weighted by molar-refractivity contribution is 7.89. The molecule has 2 rings (SSSR count). The number of rotatable bonds is 32. The van der Waals surface area contributed by atoms with Crippen LogP contribution in [0.2, 0.25) is 10.0 Å². The summed E-state index contributed by atoms with van der Waals surface area (Å²) in [5.74, 6) is 0. The predicted molar refractivity (Wildman–Crippen MR) is 223 cm³/mol. The Balaban J connectivity index is 2.03. The fourth-order valence-electron chi connectivity index (χ4n) is 6.99. The normalized spacial score (nSPS) is 12.3. The zero-order valence-corrected chi connectivity index (χ0v) is 35.6. The van der Waals surface area contributed by atoms with E-state index in [9.17, 15) is 16.8 Å².